The summed E-state index contributed by atoms with van der Waals surface area (Å²) in [6, 6.07) is 5.67. The summed E-state index contributed by atoms with van der Waals surface area (Å²) in [5, 5.41) is 14.8. The molecule has 1 aliphatic rings. The van der Waals surface area contributed by atoms with Gasteiger partial charge in [0.1, 0.15) is 23.2 Å². The van der Waals surface area contributed by atoms with Crippen molar-refractivity contribution in [1.29, 1.82) is 5.26 Å². The number of nitrogens with one attached hydrogen (secondary N) is 2. The van der Waals surface area contributed by atoms with E-state index in [1.54, 1.807) is 26.2 Å². The second-order valence-electron chi connectivity index (χ2n) is 6.99. The molecule has 0 saturated carbocycles. The third-order valence-electron chi connectivity index (χ3n) is 5.09. The zero-order valence-electron chi connectivity index (χ0n) is 16.1. The SMILES string of the molecule is Cc1oc(NC(=O)CN2CCC(C(=O)NCc3ccco3)CC2)c(C#N)c1C. The van der Waals surface area contributed by atoms with Crippen molar-refractivity contribution in [2.45, 2.75) is 33.2 Å². The molecule has 8 heteroatoms. The Morgan fingerprint density at radius 1 is 1.32 bits per heavy atom. The molecule has 3 heterocycles. The molecule has 0 unspecified atom stereocenters. The highest BCUT2D eigenvalue weighted by molar-refractivity contribution is 5.92. The third kappa shape index (κ3) is 4.61. The first kappa shape index (κ1) is 19.7. The predicted octanol–water partition coefficient (Wildman–Crippen LogP) is 2.33. The molecular weight excluding hydrogens is 360 g/mol. The van der Waals surface area contributed by atoms with E-state index in [-0.39, 0.29) is 30.2 Å². The van der Waals surface area contributed by atoms with Gasteiger partial charge in [0, 0.05) is 11.5 Å². The maximum Gasteiger partial charge on any atom is 0.240 e. The Morgan fingerprint density at radius 3 is 2.71 bits per heavy atom. The van der Waals surface area contributed by atoms with Crippen LogP contribution in [0.15, 0.2) is 27.2 Å². The lowest BCUT2D eigenvalue weighted by Crippen LogP contribution is -2.43. The summed E-state index contributed by atoms with van der Waals surface area (Å²) >= 11 is 0. The molecule has 8 nitrogen and oxygen atoms in total. The van der Waals surface area contributed by atoms with Crippen molar-refractivity contribution in [2.24, 2.45) is 5.92 Å². The Labute approximate surface area is 163 Å². The zero-order chi connectivity index (χ0) is 20.1. The van der Waals surface area contributed by atoms with Crippen molar-refractivity contribution in [3.63, 3.8) is 0 Å². The Bertz CT molecular complexity index is 871. The van der Waals surface area contributed by atoms with E-state index in [1.165, 1.54) is 0 Å². The topological polar surface area (TPSA) is 112 Å². The predicted molar refractivity (Wildman–Crippen MR) is 101 cm³/mol. The minimum atomic E-state index is -0.231. The second-order valence-corrected chi connectivity index (χ2v) is 6.99. The standard InChI is InChI=1S/C20H24N4O4/c1-13-14(2)28-20(17(13)10-21)23-18(25)12-24-7-5-15(6-8-24)19(26)22-11-16-4-3-9-27-16/h3-4,9,15H,5-8,11-12H2,1-2H3,(H,22,26)(H,23,25). The quantitative estimate of drug-likeness (QED) is 0.791. The van der Waals surface area contributed by atoms with Crippen LogP contribution in [-0.4, -0.2) is 36.3 Å². The van der Waals surface area contributed by atoms with Crippen LogP contribution in [0.2, 0.25) is 0 Å². The van der Waals surface area contributed by atoms with Crippen LogP contribution in [0.4, 0.5) is 5.88 Å². The number of aryl methyl sites for hydroxylation is 1. The van der Waals surface area contributed by atoms with Crippen molar-refractivity contribution in [3.05, 3.63) is 41.0 Å². The fourth-order valence-electron chi connectivity index (χ4n) is 3.30. The van der Waals surface area contributed by atoms with Gasteiger partial charge in [-0.2, -0.15) is 5.26 Å². The van der Waals surface area contributed by atoms with E-state index in [1.807, 2.05) is 11.0 Å². The molecule has 0 aromatic carbocycles. The number of amides is 2. The third-order valence-corrected chi connectivity index (χ3v) is 5.09. The number of nitriles is 1. The molecule has 1 saturated heterocycles. The fourth-order valence-corrected chi connectivity index (χ4v) is 3.30. The fraction of sp³-hybridized carbons (Fsp3) is 0.450. The van der Waals surface area contributed by atoms with Crippen molar-refractivity contribution < 1.29 is 18.4 Å². The van der Waals surface area contributed by atoms with Crippen LogP contribution in [0.5, 0.6) is 0 Å². The van der Waals surface area contributed by atoms with Crippen LogP contribution >= 0.6 is 0 Å². The van der Waals surface area contributed by atoms with Crippen molar-refractivity contribution in [3.8, 4) is 6.07 Å². The number of nitrogens with zero attached hydrogens (tertiary/aromatic N) is 2. The Hall–Kier alpha value is -3.05. The summed E-state index contributed by atoms with van der Waals surface area (Å²) in [5.74, 6) is 1.27. The minimum absolute atomic E-state index is 0.0145. The highest BCUT2D eigenvalue weighted by atomic mass is 16.4. The van der Waals surface area contributed by atoms with Gasteiger partial charge in [0.2, 0.25) is 17.7 Å². The van der Waals surface area contributed by atoms with E-state index in [4.69, 9.17) is 8.83 Å². The molecule has 0 radical (unpaired) electrons. The number of hydrogen-bond acceptors (Lipinski definition) is 6. The number of anilines is 1. The van der Waals surface area contributed by atoms with Gasteiger partial charge in [-0.25, -0.2) is 0 Å². The number of furan rings is 2. The van der Waals surface area contributed by atoms with E-state index < -0.39 is 0 Å². The summed E-state index contributed by atoms with van der Waals surface area (Å²) in [6.45, 7) is 5.45. The van der Waals surface area contributed by atoms with Gasteiger partial charge in [0.15, 0.2) is 0 Å². The van der Waals surface area contributed by atoms with E-state index >= 15 is 0 Å². The molecule has 1 aliphatic heterocycles. The van der Waals surface area contributed by atoms with Gasteiger partial charge in [0.05, 0.1) is 19.4 Å². The number of likely N-dealkylation sites (tertiary alicyclic amines) is 1. The molecule has 2 amide bonds. The van der Waals surface area contributed by atoms with Crippen LogP contribution in [-0.2, 0) is 16.1 Å². The maximum absolute atomic E-state index is 12.3. The summed E-state index contributed by atoms with van der Waals surface area (Å²) in [7, 11) is 0. The van der Waals surface area contributed by atoms with Crippen LogP contribution in [0.25, 0.3) is 0 Å². The van der Waals surface area contributed by atoms with Crippen LogP contribution in [0, 0.1) is 31.1 Å². The van der Waals surface area contributed by atoms with E-state index in [0.717, 1.165) is 11.3 Å². The zero-order valence-corrected chi connectivity index (χ0v) is 16.1. The number of carbonyl (C=O) groups is 2. The molecule has 1 fully saturated rings. The number of hydrogen-bond donors (Lipinski definition) is 2. The molecule has 28 heavy (non-hydrogen) atoms. The van der Waals surface area contributed by atoms with Gasteiger partial charge in [-0.15, -0.1) is 0 Å². The average molecular weight is 384 g/mol. The van der Waals surface area contributed by atoms with Gasteiger partial charge < -0.3 is 14.2 Å². The first-order valence-corrected chi connectivity index (χ1v) is 9.30. The average Bonchev–Trinajstić information content (AvgIpc) is 3.29. The lowest BCUT2D eigenvalue weighted by Gasteiger charge is -2.30. The summed E-state index contributed by atoms with van der Waals surface area (Å²) < 4.78 is 10.7. The summed E-state index contributed by atoms with van der Waals surface area (Å²) in [5.41, 5.74) is 1.09. The molecule has 2 aromatic rings. The number of rotatable bonds is 6. The Morgan fingerprint density at radius 2 is 2.07 bits per heavy atom. The van der Waals surface area contributed by atoms with Crippen molar-refractivity contribution in [2.75, 3.05) is 25.0 Å². The smallest absolute Gasteiger partial charge is 0.240 e. The van der Waals surface area contributed by atoms with Crippen LogP contribution < -0.4 is 10.6 Å². The van der Waals surface area contributed by atoms with Gasteiger partial charge in [-0.3, -0.25) is 19.8 Å². The molecule has 2 aromatic heterocycles. The number of carbonyl (C=O) groups excluding carboxylic acids is 2. The normalized spacial score (nSPS) is 15.2. The molecular formula is C20H24N4O4. The largest absolute Gasteiger partial charge is 0.467 e. The van der Waals surface area contributed by atoms with Gasteiger partial charge in [-0.1, -0.05) is 0 Å². The second kappa shape index (κ2) is 8.76. The molecule has 0 bridgehead atoms. The molecule has 0 spiro atoms. The van der Waals surface area contributed by atoms with Crippen LogP contribution in [0.1, 0.15) is 35.5 Å². The highest BCUT2D eigenvalue weighted by Gasteiger charge is 2.26. The van der Waals surface area contributed by atoms with Crippen molar-refractivity contribution in [1.82, 2.24) is 10.2 Å². The van der Waals surface area contributed by atoms with Crippen molar-refractivity contribution >= 4 is 17.7 Å². The van der Waals surface area contributed by atoms with Gasteiger partial charge in [0.25, 0.3) is 0 Å². The molecule has 148 valence electrons. The minimum Gasteiger partial charge on any atom is -0.467 e. The van der Waals surface area contributed by atoms with Crippen LogP contribution in [0.3, 0.4) is 0 Å². The van der Waals surface area contributed by atoms with Gasteiger partial charge in [-0.05, 0) is 51.9 Å². The molecule has 0 aliphatic carbocycles. The number of piperidine rings is 1. The first-order chi connectivity index (χ1) is 13.5. The lowest BCUT2D eigenvalue weighted by molar-refractivity contribution is -0.126. The van der Waals surface area contributed by atoms with E-state index in [0.29, 0.717) is 43.8 Å². The first-order valence-electron chi connectivity index (χ1n) is 9.30. The van der Waals surface area contributed by atoms with E-state index in [9.17, 15) is 14.9 Å². The molecule has 2 N–H and O–H groups in total. The highest BCUT2D eigenvalue weighted by Crippen LogP contribution is 2.25. The Kier molecular flexibility index (Phi) is 6.16. The van der Waals surface area contributed by atoms with Gasteiger partial charge >= 0.3 is 0 Å². The Balaban J connectivity index is 1.44. The lowest BCUT2D eigenvalue weighted by atomic mass is 9.96. The summed E-state index contributed by atoms with van der Waals surface area (Å²) in [4.78, 5) is 26.6. The monoisotopic (exact) mass is 384 g/mol. The van der Waals surface area contributed by atoms with E-state index in [2.05, 4.69) is 16.7 Å². The summed E-state index contributed by atoms with van der Waals surface area (Å²) in [6.07, 6.45) is 2.97. The maximum atomic E-state index is 12.3. The molecule has 0 atom stereocenters. The molecule has 3 rings (SSSR count).